The summed E-state index contributed by atoms with van der Waals surface area (Å²) in [7, 11) is 0. The maximum absolute atomic E-state index is 8.46. The second-order valence-corrected chi connectivity index (χ2v) is 3.60. The van der Waals surface area contributed by atoms with Crippen molar-refractivity contribution in [3.63, 3.8) is 0 Å². The first kappa shape index (κ1) is 10.4. The van der Waals surface area contributed by atoms with E-state index in [1.165, 1.54) is 11.8 Å². The molecule has 0 aromatic carbocycles. The van der Waals surface area contributed by atoms with Crippen LogP contribution in [0.5, 0.6) is 0 Å². The van der Waals surface area contributed by atoms with Gasteiger partial charge in [0.2, 0.25) is 6.19 Å². The van der Waals surface area contributed by atoms with E-state index < -0.39 is 0 Å². The van der Waals surface area contributed by atoms with Gasteiger partial charge in [0, 0.05) is 13.1 Å². The fourth-order valence-electron chi connectivity index (χ4n) is 1.28. The molecule has 0 bridgehead atoms. The largest absolute Gasteiger partial charge is 0.375 e. The molecule has 1 rings (SSSR count). The van der Waals surface area contributed by atoms with Gasteiger partial charge < -0.3 is 9.64 Å². The van der Waals surface area contributed by atoms with E-state index in [1.807, 2.05) is 19.4 Å². The van der Waals surface area contributed by atoms with Crippen molar-refractivity contribution in [2.45, 2.75) is 13.0 Å². The minimum absolute atomic E-state index is 0.227. The maximum atomic E-state index is 8.46. The molecule has 1 fully saturated rings. The quantitative estimate of drug-likeness (QED) is 0.330. The lowest BCUT2D eigenvalue weighted by Crippen LogP contribution is -2.43. The summed E-state index contributed by atoms with van der Waals surface area (Å²) < 4.78 is 5.39. The topological polar surface area (TPSA) is 48.6 Å². The van der Waals surface area contributed by atoms with Gasteiger partial charge in [0.15, 0.2) is 5.17 Å². The van der Waals surface area contributed by atoms with Gasteiger partial charge in [-0.25, -0.2) is 0 Å². The number of morpholine rings is 1. The Morgan fingerprint density at radius 2 is 2.54 bits per heavy atom. The van der Waals surface area contributed by atoms with E-state index in [1.54, 1.807) is 0 Å². The Morgan fingerprint density at radius 3 is 3.08 bits per heavy atom. The molecule has 0 amide bonds. The van der Waals surface area contributed by atoms with Gasteiger partial charge in [-0.2, -0.15) is 5.26 Å². The van der Waals surface area contributed by atoms with Gasteiger partial charge >= 0.3 is 0 Å². The van der Waals surface area contributed by atoms with E-state index in [9.17, 15) is 0 Å². The summed E-state index contributed by atoms with van der Waals surface area (Å²) >= 11 is 1.50. The molecular formula is C8H13N3OS. The minimum atomic E-state index is 0.227. The number of ether oxygens (including phenoxy) is 1. The average Bonchev–Trinajstić information content (AvgIpc) is 2.14. The van der Waals surface area contributed by atoms with Crippen LogP contribution < -0.4 is 0 Å². The summed E-state index contributed by atoms with van der Waals surface area (Å²) in [6, 6.07) is 0. The molecule has 1 saturated heterocycles. The number of nitrogens with zero attached hydrogens (tertiary/aromatic N) is 3. The zero-order valence-electron chi connectivity index (χ0n) is 7.86. The molecule has 0 N–H and O–H groups in total. The molecule has 0 aromatic heterocycles. The molecular weight excluding hydrogens is 186 g/mol. The molecule has 13 heavy (non-hydrogen) atoms. The van der Waals surface area contributed by atoms with Crippen molar-refractivity contribution in [1.82, 2.24) is 4.90 Å². The molecule has 0 aromatic rings. The van der Waals surface area contributed by atoms with Gasteiger partial charge in [0.05, 0.1) is 12.7 Å². The predicted octanol–water partition coefficient (Wildman–Crippen LogP) is 0.907. The molecule has 1 unspecified atom stereocenters. The van der Waals surface area contributed by atoms with E-state index in [0.717, 1.165) is 18.3 Å². The average molecular weight is 199 g/mol. The molecule has 4 nitrogen and oxygen atoms in total. The Hall–Kier alpha value is -0.730. The number of thioether (sulfide) groups is 1. The standard InChI is InChI=1S/C8H13N3OS/c1-7-5-11(3-4-12-7)8(13-2)10-6-9/h7H,3-5H2,1-2H3. The summed E-state index contributed by atoms with van der Waals surface area (Å²) in [6.07, 6.45) is 3.97. The summed E-state index contributed by atoms with van der Waals surface area (Å²) in [4.78, 5) is 5.84. The van der Waals surface area contributed by atoms with Crippen molar-refractivity contribution in [3.05, 3.63) is 0 Å². The molecule has 0 aliphatic carbocycles. The van der Waals surface area contributed by atoms with E-state index >= 15 is 0 Å². The lowest BCUT2D eigenvalue weighted by Gasteiger charge is -2.32. The van der Waals surface area contributed by atoms with E-state index in [0.29, 0.717) is 6.61 Å². The van der Waals surface area contributed by atoms with Gasteiger partial charge in [-0.1, -0.05) is 11.8 Å². The van der Waals surface area contributed by atoms with Crippen LogP contribution in [-0.2, 0) is 4.74 Å². The second kappa shape index (κ2) is 5.10. The lowest BCUT2D eigenvalue weighted by atomic mass is 10.3. The van der Waals surface area contributed by atoms with Gasteiger partial charge in [0.1, 0.15) is 0 Å². The predicted molar refractivity (Wildman–Crippen MR) is 53.6 cm³/mol. The van der Waals surface area contributed by atoms with Crippen LogP contribution in [0, 0.1) is 11.5 Å². The number of amidine groups is 1. The van der Waals surface area contributed by atoms with Crippen LogP contribution in [0.2, 0.25) is 0 Å². The van der Waals surface area contributed by atoms with Crippen molar-refractivity contribution < 1.29 is 4.74 Å². The molecule has 1 aliphatic rings. The Bertz CT molecular complexity index is 236. The first-order valence-corrected chi connectivity index (χ1v) is 5.37. The third-order valence-electron chi connectivity index (χ3n) is 1.84. The number of nitriles is 1. The van der Waals surface area contributed by atoms with Gasteiger partial charge in [-0.05, 0) is 13.2 Å². The third-order valence-corrected chi connectivity index (χ3v) is 2.55. The van der Waals surface area contributed by atoms with Crippen molar-refractivity contribution in [3.8, 4) is 6.19 Å². The Morgan fingerprint density at radius 1 is 1.77 bits per heavy atom. The zero-order valence-corrected chi connectivity index (χ0v) is 8.67. The van der Waals surface area contributed by atoms with Crippen LogP contribution in [0.15, 0.2) is 4.99 Å². The number of hydrogen-bond acceptors (Lipinski definition) is 4. The van der Waals surface area contributed by atoms with Crippen LogP contribution >= 0.6 is 11.8 Å². The van der Waals surface area contributed by atoms with Crippen LogP contribution in [0.3, 0.4) is 0 Å². The lowest BCUT2D eigenvalue weighted by molar-refractivity contribution is 0.00684. The minimum Gasteiger partial charge on any atom is -0.375 e. The third kappa shape index (κ3) is 2.90. The molecule has 1 aliphatic heterocycles. The fourth-order valence-corrected chi connectivity index (χ4v) is 1.84. The monoisotopic (exact) mass is 199 g/mol. The van der Waals surface area contributed by atoms with Crippen molar-refractivity contribution in [2.75, 3.05) is 26.0 Å². The van der Waals surface area contributed by atoms with Crippen LogP contribution in [-0.4, -0.2) is 42.1 Å². The van der Waals surface area contributed by atoms with Crippen molar-refractivity contribution in [1.29, 1.82) is 5.26 Å². The van der Waals surface area contributed by atoms with Gasteiger partial charge in [-0.15, -0.1) is 4.99 Å². The zero-order chi connectivity index (χ0) is 9.68. The SMILES string of the molecule is CSC(=NC#N)N1CCOC(C)C1. The molecule has 5 heteroatoms. The van der Waals surface area contributed by atoms with Crippen molar-refractivity contribution >= 4 is 16.9 Å². The fraction of sp³-hybridized carbons (Fsp3) is 0.750. The molecule has 1 atom stereocenters. The highest BCUT2D eigenvalue weighted by atomic mass is 32.2. The summed E-state index contributed by atoms with van der Waals surface area (Å²) in [6.45, 7) is 4.38. The van der Waals surface area contributed by atoms with Crippen molar-refractivity contribution in [2.24, 2.45) is 4.99 Å². The Balaban J connectivity index is 2.59. The van der Waals surface area contributed by atoms with Gasteiger partial charge in [0.25, 0.3) is 0 Å². The molecule has 72 valence electrons. The maximum Gasteiger partial charge on any atom is 0.208 e. The van der Waals surface area contributed by atoms with Gasteiger partial charge in [-0.3, -0.25) is 0 Å². The number of hydrogen-bond donors (Lipinski definition) is 0. The molecule has 1 heterocycles. The molecule has 0 saturated carbocycles. The highest BCUT2D eigenvalue weighted by molar-refractivity contribution is 8.13. The highest BCUT2D eigenvalue weighted by Crippen LogP contribution is 2.11. The summed E-state index contributed by atoms with van der Waals surface area (Å²) in [5.74, 6) is 0. The Labute approximate surface area is 82.6 Å². The number of rotatable bonds is 0. The second-order valence-electron chi connectivity index (χ2n) is 2.83. The summed E-state index contributed by atoms with van der Waals surface area (Å²) in [5.41, 5.74) is 0. The highest BCUT2D eigenvalue weighted by Gasteiger charge is 2.19. The summed E-state index contributed by atoms with van der Waals surface area (Å²) in [5, 5.41) is 9.25. The Kier molecular flexibility index (Phi) is 4.06. The smallest absolute Gasteiger partial charge is 0.208 e. The van der Waals surface area contributed by atoms with E-state index in [-0.39, 0.29) is 6.10 Å². The van der Waals surface area contributed by atoms with Crippen LogP contribution in [0.4, 0.5) is 0 Å². The number of aliphatic imine (C=N–C) groups is 1. The van der Waals surface area contributed by atoms with Crippen LogP contribution in [0.1, 0.15) is 6.92 Å². The molecule has 0 spiro atoms. The first-order chi connectivity index (χ1) is 6.27. The van der Waals surface area contributed by atoms with Crippen LogP contribution in [0.25, 0.3) is 0 Å². The molecule has 0 radical (unpaired) electrons. The normalized spacial score (nSPS) is 24.2. The van der Waals surface area contributed by atoms with E-state index in [2.05, 4.69) is 9.89 Å². The van der Waals surface area contributed by atoms with E-state index in [4.69, 9.17) is 10.00 Å². The first-order valence-electron chi connectivity index (χ1n) is 4.15.